The second kappa shape index (κ2) is 3.56. The third kappa shape index (κ3) is 1.80. The van der Waals surface area contributed by atoms with Crippen molar-refractivity contribution in [2.24, 2.45) is 0 Å². The summed E-state index contributed by atoms with van der Waals surface area (Å²) in [6.45, 7) is 0. The minimum absolute atomic E-state index is 0.115. The van der Waals surface area contributed by atoms with Gasteiger partial charge >= 0.3 is 0 Å². The van der Waals surface area contributed by atoms with Gasteiger partial charge in [0, 0.05) is 5.03 Å². The van der Waals surface area contributed by atoms with Gasteiger partial charge < -0.3 is 0 Å². The van der Waals surface area contributed by atoms with Gasteiger partial charge in [-0.25, -0.2) is 0 Å². The molecule has 0 spiro atoms. The highest BCUT2D eigenvalue weighted by molar-refractivity contribution is 6.67. The summed E-state index contributed by atoms with van der Waals surface area (Å²) in [5.74, 6) is 0. The Morgan fingerprint density at radius 3 is 1.92 bits per heavy atom. The van der Waals surface area contributed by atoms with Crippen molar-refractivity contribution >= 4 is 69.6 Å². The molecular weight excluding hydrogens is 285 g/mol. The summed E-state index contributed by atoms with van der Waals surface area (Å²) < 4.78 is -2.78. The van der Waals surface area contributed by atoms with E-state index < -0.39 is 8.67 Å². The van der Waals surface area contributed by atoms with Crippen molar-refractivity contribution in [3.8, 4) is 0 Å². The van der Waals surface area contributed by atoms with E-state index in [1.54, 1.807) is 0 Å². The van der Waals surface area contributed by atoms with E-state index in [0.29, 0.717) is 17.9 Å². The lowest BCUT2D eigenvalue weighted by molar-refractivity contribution is 0.638. The maximum absolute atomic E-state index is 5.85. The predicted octanol–water partition coefficient (Wildman–Crippen LogP) is 4.82. The second-order valence-corrected chi connectivity index (χ2v) is 6.14. The SMILES string of the molecule is ClC1=C(Cl)C(Cl)(Cl)C(Cl)(Cl)CC1. The zero-order valence-corrected chi connectivity index (χ0v) is 10.2. The van der Waals surface area contributed by atoms with Crippen LogP contribution in [0.3, 0.4) is 0 Å². The zero-order chi connectivity index (χ0) is 9.57. The van der Waals surface area contributed by atoms with Crippen LogP contribution in [0.5, 0.6) is 0 Å². The normalized spacial score (nSPS) is 27.5. The van der Waals surface area contributed by atoms with Crippen molar-refractivity contribution in [1.29, 1.82) is 0 Å². The fourth-order valence-electron chi connectivity index (χ4n) is 0.864. The number of halogens is 6. The predicted molar refractivity (Wildman–Crippen MR) is 56.8 cm³/mol. The molecule has 0 aliphatic heterocycles. The Kier molecular flexibility index (Phi) is 3.43. The molecule has 0 saturated heterocycles. The van der Waals surface area contributed by atoms with Crippen LogP contribution >= 0.6 is 69.6 Å². The zero-order valence-electron chi connectivity index (χ0n) is 5.68. The van der Waals surface area contributed by atoms with E-state index in [-0.39, 0.29) is 5.03 Å². The van der Waals surface area contributed by atoms with Crippen LogP contribution in [-0.2, 0) is 0 Å². The highest BCUT2D eigenvalue weighted by Crippen LogP contribution is 2.56. The van der Waals surface area contributed by atoms with Crippen LogP contribution < -0.4 is 0 Å². The highest BCUT2D eigenvalue weighted by Gasteiger charge is 2.52. The van der Waals surface area contributed by atoms with Crippen LogP contribution in [-0.4, -0.2) is 8.67 Å². The van der Waals surface area contributed by atoms with Crippen LogP contribution in [0, 0.1) is 0 Å². The van der Waals surface area contributed by atoms with E-state index >= 15 is 0 Å². The Balaban J connectivity index is 3.12. The van der Waals surface area contributed by atoms with Gasteiger partial charge in [-0.05, 0) is 12.8 Å². The van der Waals surface area contributed by atoms with Gasteiger partial charge in [0.2, 0.25) is 0 Å². The Morgan fingerprint density at radius 2 is 1.50 bits per heavy atom. The van der Waals surface area contributed by atoms with Crippen molar-refractivity contribution in [2.45, 2.75) is 21.5 Å². The van der Waals surface area contributed by atoms with Crippen molar-refractivity contribution in [2.75, 3.05) is 0 Å². The molecule has 0 atom stereocenters. The van der Waals surface area contributed by atoms with Crippen molar-refractivity contribution in [1.82, 2.24) is 0 Å². The molecule has 70 valence electrons. The fraction of sp³-hybridized carbons (Fsp3) is 0.667. The lowest BCUT2D eigenvalue weighted by Crippen LogP contribution is -2.39. The molecule has 1 aliphatic rings. The summed E-state index contributed by atoms with van der Waals surface area (Å²) in [6, 6.07) is 0. The third-order valence-corrected chi connectivity index (χ3v) is 5.17. The summed E-state index contributed by atoms with van der Waals surface area (Å²) in [7, 11) is 0. The lowest BCUT2D eigenvalue weighted by Gasteiger charge is -2.36. The molecule has 0 aromatic rings. The maximum atomic E-state index is 5.85. The summed E-state index contributed by atoms with van der Waals surface area (Å²) in [5, 5.41) is 0.530. The minimum atomic E-state index is -1.51. The van der Waals surface area contributed by atoms with E-state index in [9.17, 15) is 0 Å². The van der Waals surface area contributed by atoms with Gasteiger partial charge in [-0.1, -0.05) is 69.6 Å². The minimum Gasteiger partial charge on any atom is -0.0978 e. The van der Waals surface area contributed by atoms with Crippen LogP contribution in [0.15, 0.2) is 10.1 Å². The smallest absolute Gasteiger partial charge is 0.0978 e. The molecule has 0 radical (unpaired) electrons. The van der Waals surface area contributed by atoms with Gasteiger partial charge in [0.25, 0.3) is 0 Å². The lowest BCUT2D eigenvalue weighted by atomic mass is 10.1. The molecule has 0 heterocycles. The maximum Gasteiger partial charge on any atom is 0.187 e. The molecule has 0 saturated carbocycles. The molecule has 1 aliphatic carbocycles. The van der Waals surface area contributed by atoms with Crippen LogP contribution in [0.2, 0.25) is 0 Å². The summed E-state index contributed by atoms with van der Waals surface area (Å²) in [5.41, 5.74) is 0. The number of hydrogen-bond acceptors (Lipinski definition) is 0. The summed E-state index contributed by atoms with van der Waals surface area (Å²) in [6.07, 6.45) is 0.882. The second-order valence-electron chi connectivity index (χ2n) is 2.50. The Hall–Kier alpha value is 1.48. The first-order chi connectivity index (χ1) is 5.29. The molecule has 12 heavy (non-hydrogen) atoms. The first kappa shape index (κ1) is 11.6. The van der Waals surface area contributed by atoms with E-state index in [4.69, 9.17) is 69.6 Å². The van der Waals surface area contributed by atoms with Crippen LogP contribution in [0.25, 0.3) is 0 Å². The standard InChI is InChI=1S/C6H4Cl6/c7-3-1-2-5(9,10)6(11,12)4(3)8/h1-2H2. The largest absolute Gasteiger partial charge is 0.187 e. The van der Waals surface area contributed by atoms with E-state index in [0.717, 1.165) is 0 Å². The first-order valence-electron chi connectivity index (χ1n) is 3.09. The monoisotopic (exact) mass is 286 g/mol. The van der Waals surface area contributed by atoms with Gasteiger partial charge in [-0.3, -0.25) is 0 Å². The van der Waals surface area contributed by atoms with Crippen molar-refractivity contribution in [3.63, 3.8) is 0 Å². The molecule has 0 fully saturated rings. The Morgan fingerprint density at radius 1 is 1.00 bits per heavy atom. The van der Waals surface area contributed by atoms with Gasteiger partial charge in [0.15, 0.2) is 8.67 Å². The molecule has 0 amide bonds. The molecule has 0 aromatic heterocycles. The topological polar surface area (TPSA) is 0 Å². The van der Waals surface area contributed by atoms with Crippen LogP contribution in [0.4, 0.5) is 0 Å². The van der Waals surface area contributed by atoms with Gasteiger partial charge in [0.1, 0.15) is 0 Å². The Bertz CT molecular complexity index is 228. The summed E-state index contributed by atoms with van der Waals surface area (Å²) >= 11 is 34.9. The van der Waals surface area contributed by atoms with Crippen LogP contribution in [0.1, 0.15) is 12.8 Å². The van der Waals surface area contributed by atoms with Gasteiger partial charge in [-0.15, -0.1) is 0 Å². The molecular formula is C6H4Cl6. The van der Waals surface area contributed by atoms with Gasteiger partial charge in [0.05, 0.1) is 5.03 Å². The van der Waals surface area contributed by atoms with Gasteiger partial charge in [-0.2, -0.15) is 0 Å². The van der Waals surface area contributed by atoms with E-state index in [1.807, 2.05) is 0 Å². The average molecular weight is 289 g/mol. The molecule has 0 nitrogen and oxygen atoms in total. The molecule has 0 N–H and O–H groups in total. The fourth-order valence-corrected chi connectivity index (χ4v) is 2.34. The molecule has 0 unspecified atom stereocenters. The number of rotatable bonds is 0. The Labute approximate surface area is 101 Å². The third-order valence-electron chi connectivity index (χ3n) is 1.63. The molecule has 1 rings (SSSR count). The highest BCUT2D eigenvalue weighted by atomic mass is 35.5. The van der Waals surface area contributed by atoms with E-state index in [2.05, 4.69) is 0 Å². The number of allylic oxidation sites excluding steroid dienone is 2. The quantitative estimate of drug-likeness (QED) is 0.561. The van der Waals surface area contributed by atoms with E-state index in [1.165, 1.54) is 0 Å². The number of alkyl halides is 4. The molecule has 0 aromatic carbocycles. The van der Waals surface area contributed by atoms with Crippen molar-refractivity contribution < 1.29 is 0 Å². The molecule has 0 bridgehead atoms. The number of hydrogen-bond donors (Lipinski definition) is 0. The van der Waals surface area contributed by atoms with Crippen molar-refractivity contribution in [3.05, 3.63) is 10.1 Å². The average Bonchev–Trinajstić information content (AvgIpc) is 1.96. The first-order valence-corrected chi connectivity index (χ1v) is 5.36. The summed E-state index contributed by atoms with van der Waals surface area (Å²) in [4.78, 5) is 0. The molecule has 6 heteroatoms.